The lowest BCUT2D eigenvalue weighted by Gasteiger charge is -2.24. The first kappa shape index (κ1) is 17.0. The van der Waals surface area contributed by atoms with E-state index in [-0.39, 0.29) is 0 Å². The molecule has 0 amide bonds. The quantitative estimate of drug-likeness (QED) is 0.290. The average Bonchev–Trinajstić information content (AvgIpc) is 2.63. The van der Waals surface area contributed by atoms with Crippen molar-refractivity contribution in [1.29, 1.82) is 0 Å². The lowest BCUT2D eigenvalue weighted by atomic mass is 9.96. The summed E-state index contributed by atoms with van der Waals surface area (Å²) in [5.41, 5.74) is 5.11. The maximum absolute atomic E-state index is 4.62. The van der Waals surface area contributed by atoms with Crippen LogP contribution in [0, 0.1) is 6.92 Å². The molecule has 1 aliphatic heterocycles. The van der Waals surface area contributed by atoms with Gasteiger partial charge < -0.3 is 0 Å². The molecule has 2 aromatic heterocycles. The van der Waals surface area contributed by atoms with Crippen molar-refractivity contribution in [1.82, 2.24) is 4.98 Å². The topological polar surface area (TPSA) is 16.8 Å². The standard InChI is InChI=1S/C23H23N2SSi/c1-14-17-7-6-9-24-18(17)13-20-21(14)23-22-15(8-10-25(23)2)11-16(27(3,4)5)12-19(22)26-20/h6-13H,1-5H3/q+1. The molecule has 2 nitrogen and oxygen atoms in total. The Kier molecular flexibility index (Phi) is 3.56. The maximum Gasteiger partial charge on any atom is 0.222 e. The van der Waals surface area contributed by atoms with E-state index < -0.39 is 8.07 Å². The van der Waals surface area contributed by atoms with Gasteiger partial charge in [-0.25, -0.2) is 4.57 Å². The number of fused-ring (bicyclic) bond motifs is 3. The molecule has 0 radical (unpaired) electrons. The molecule has 3 heterocycles. The highest BCUT2D eigenvalue weighted by Gasteiger charge is 2.30. The molecule has 0 atom stereocenters. The van der Waals surface area contributed by atoms with Crippen molar-refractivity contribution in [2.75, 3.05) is 0 Å². The minimum Gasteiger partial charge on any atom is -0.256 e. The largest absolute Gasteiger partial charge is 0.256 e. The molecule has 134 valence electrons. The summed E-state index contributed by atoms with van der Waals surface area (Å²) in [5.74, 6) is 0. The predicted molar refractivity (Wildman–Crippen MR) is 118 cm³/mol. The van der Waals surface area contributed by atoms with Gasteiger partial charge in [0.1, 0.15) is 7.05 Å². The van der Waals surface area contributed by atoms with E-state index in [2.05, 4.69) is 79.7 Å². The first-order chi connectivity index (χ1) is 12.8. The summed E-state index contributed by atoms with van der Waals surface area (Å²) in [4.78, 5) is 7.33. The van der Waals surface area contributed by atoms with Crippen LogP contribution in [0.3, 0.4) is 0 Å². The minimum absolute atomic E-state index is 1.08. The fraction of sp³-hybridized carbons (Fsp3) is 0.217. The average molecular weight is 388 g/mol. The molecule has 27 heavy (non-hydrogen) atoms. The molecule has 0 spiro atoms. The van der Waals surface area contributed by atoms with Crippen molar-refractivity contribution in [3.8, 4) is 11.3 Å². The number of aromatic nitrogens is 2. The summed E-state index contributed by atoms with van der Waals surface area (Å²) >= 11 is 1.91. The summed E-state index contributed by atoms with van der Waals surface area (Å²) in [6.45, 7) is 9.51. The van der Waals surface area contributed by atoms with Crippen LogP contribution in [0.2, 0.25) is 19.6 Å². The zero-order valence-corrected chi connectivity index (χ0v) is 18.2. The fourth-order valence-corrected chi connectivity index (χ4v) is 6.67. The predicted octanol–water partition coefficient (Wildman–Crippen LogP) is 5.20. The van der Waals surface area contributed by atoms with Gasteiger partial charge in [-0.15, -0.1) is 0 Å². The monoisotopic (exact) mass is 387 g/mol. The third-order valence-corrected chi connectivity index (χ3v) is 8.76. The Bertz CT molecular complexity index is 1260. The third kappa shape index (κ3) is 2.47. The molecule has 4 heteroatoms. The first-order valence-electron chi connectivity index (χ1n) is 9.38. The van der Waals surface area contributed by atoms with Crippen LogP contribution in [0.15, 0.2) is 58.6 Å². The van der Waals surface area contributed by atoms with E-state index in [9.17, 15) is 0 Å². The second-order valence-electron chi connectivity index (χ2n) is 8.51. The molecule has 0 fully saturated rings. The van der Waals surface area contributed by atoms with Crippen LogP contribution in [0.25, 0.3) is 32.9 Å². The molecule has 0 saturated heterocycles. The normalized spacial score (nSPS) is 13.2. The van der Waals surface area contributed by atoms with Gasteiger partial charge in [-0.1, -0.05) is 48.7 Å². The highest BCUT2D eigenvalue weighted by Crippen LogP contribution is 2.48. The Morgan fingerprint density at radius 3 is 2.63 bits per heavy atom. The molecule has 0 N–H and O–H groups in total. The zero-order valence-electron chi connectivity index (χ0n) is 16.4. The molecule has 0 saturated carbocycles. The number of benzene rings is 2. The second kappa shape index (κ2) is 5.66. The molecule has 0 unspecified atom stereocenters. The Labute approximate surface area is 165 Å². The number of nitrogens with zero attached hydrogens (tertiary/aromatic N) is 2. The number of aryl methyl sites for hydroxylation is 2. The Hall–Kier alpha value is -2.17. The van der Waals surface area contributed by atoms with Gasteiger partial charge in [0.15, 0.2) is 6.20 Å². The Morgan fingerprint density at radius 2 is 1.85 bits per heavy atom. The smallest absolute Gasteiger partial charge is 0.222 e. The van der Waals surface area contributed by atoms with Crippen molar-refractivity contribution in [2.45, 2.75) is 36.4 Å². The van der Waals surface area contributed by atoms with E-state index in [1.54, 1.807) is 0 Å². The maximum atomic E-state index is 4.62. The van der Waals surface area contributed by atoms with Crippen molar-refractivity contribution < 1.29 is 4.57 Å². The van der Waals surface area contributed by atoms with Crippen LogP contribution in [-0.2, 0) is 7.05 Å². The van der Waals surface area contributed by atoms with E-state index >= 15 is 0 Å². The van der Waals surface area contributed by atoms with Crippen molar-refractivity contribution >= 4 is 46.7 Å². The van der Waals surface area contributed by atoms with Gasteiger partial charge in [0.2, 0.25) is 5.69 Å². The van der Waals surface area contributed by atoms with E-state index in [0.29, 0.717) is 0 Å². The van der Waals surface area contributed by atoms with E-state index in [1.165, 1.54) is 48.0 Å². The second-order valence-corrected chi connectivity index (χ2v) is 14.7. The van der Waals surface area contributed by atoms with Crippen LogP contribution in [0.1, 0.15) is 5.56 Å². The van der Waals surface area contributed by atoms with Gasteiger partial charge in [0.05, 0.1) is 24.5 Å². The van der Waals surface area contributed by atoms with E-state index in [1.807, 2.05) is 24.0 Å². The number of hydrogen-bond donors (Lipinski definition) is 0. The van der Waals surface area contributed by atoms with Crippen molar-refractivity contribution in [3.63, 3.8) is 0 Å². The SMILES string of the molecule is Cc1c2c(cc3ncccc13)Sc1cc([Si](C)(C)C)cc3cc[n+](C)c-2c13. The highest BCUT2D eigenvalue weighted by atomic mass is 32.2. The highest BCUT2D eigenvalue weighted by molar-refractivity contribution is 7.99. The van der Waals surface area contributed by atoms with Gasteiger partial charge in [0.25, 0.3) is 0 Å². The fourth-order valence-electron chi connectivity index (χ4n) is 4.14. The van der Waals surface area contributed by atoms with Crippen molar-refractivity contribution in [2.24, 2.45) is 7.05 Å². The van der Waals surface area contributed by atoms with Gasteiger partial charge in [0, 0.05) is 27.4 Å². The van der Waals surface area contributed by atoms with Gasteiger partial charge in [-0.05, 0) is 36.1 Å². The van der Waals surface area contributed by atoms with E-state index in [4.69, 9.17) is 0 Å². The Balaban J connectivity index is 1.94. The summed E-state index contributed by atoms with van der Waals surface area (Å²) in [7, 11) is 0.781. The van der Waals surface area contributed by atoms with Crippen LogP contribution < -0.4 is 9.75 Å². The number of pyridine rings is 2. The van der Waals surface area contributed by atoms with E-state index in [0.717, 1.165) is 5.52 Å². The number of hydrogen-bond acceptors (Lipinski definition) is 2. The summed E-state index contributed by atoms with van der Waals surface area (Å²) < 4.78 is 2.29. The van der Waals surface area contributed by atoms with Crippen molar-refractivity contribution in [3.05, 3.63) is 54.4 Å². The van der Waals surface area contributed by atoms with Crippen LogP contribution in [-0.4, -0.2) is 13.1 Å². The number of rotatable bonds is 1. The van der Waals surface area contributed by atoms with Gasteiger partial charge in [-0.2, -0.15) is 0 Å². The minimum atomic E-state index is -1.38. The zero-order chi connectivity index (χ0) is 18.9. The molecule has 0 aliphatic carbocycles. The van der Waals surface area contributed by atoms with Gasteiger partial charge in [-0.3, -0.25) is 4.98 Å². The van der Waals surface area contributed by atoms with Crippen LogP contribution in [0.5, 0.6) is 0 Å². The third-order valence-electron chi connectivity index (χ3n) is 5.65. The van der Waals surface area contributed by atoms with Gasteiger partial charge >= 0.3 is 0 Å². The Morgan fingerprint density at radius 1 is 1.04 bits per heavy atom. The summed E-state index contributed by atoms with van der Waals surface area (Å²) in [6.07, 6.45) is 4.10. The molecular weight excluding hydrogens is 364 g/mol. The molecule has 4 aromatic rings. The molecule has 5 rings (SSSR count). The lowest BCUT2D eigenvalue weighted by molar-refractivity contribution is -0.659. The van der Waals surface area contributed by atoms with Crippen LogP contribution in [0.4, 0.5) is 0 Å². The lowest BCUT2D eigenvalue weighted by Crippen LogP contribution is -2.38. The summed E-state index contributed by atoms with van der Waals surface area (Å²) in [5, 5.41) is 5.53. The molecule has 1 aliphatic rings. The molecular formula is C23H23N2SSi+. The first-order valence-corrected chi connectivity index (χ1v) is 13.7. The summed E-state index contributed by atoms with van der Waals surface area (Å²) in [6, 6.07) is 13.6. The van der Waals surface area contributed by atoms with Crippen LogP contribution >= 0.6 is 11.8 Å². The molecule has 0 bridgehead atoms. The molecule has 2 aromatic carbocycles.